The fourth-order valence-electron chi connectivity index (χ4n) is 2.88. The molecule has 4 heteroatoms. The molecule has 0 spiro atoms. The highest BCUT2D eigenvalue weighted by Gasteiger charge is 2.22. The zero-order chi connectivity index (χ0) is 14.1. The lowest BCUT2D eigenvalue weighted by Crippen LogP contribution is -2.37. The van der Waals surface area contributed by atoms with Crippen LogP contribution in [0.25, 0.3) is 10.8 Å². The van der Waals surface area contributed by atoms with E-state index in [1.54, 1.807) is 0 Å². The van der Waals surface area contributed by atoms with E-state index in [4.69, 9.17) is 0 Å². The molecule has 3 rings (SSSR count). The molecule has 104 valence electrons. The first-order valence-electron chi connectivity index (χ1n) is 7.11. The molecule has 4 nitrogen and oxygen atoms in total. The number of benzene rings is 1. The van der Waals surface area contributed by atoms with E-state index in [1.165, 1.54) is 0 Å². The first kappa shape index (κ1) is 12.9. The van der Waals surface area contributed by atoms with Crippen LogP contribution in [0.15, 0.2) is 29.1 Å². The van der Waals surface area contributed by atoms with Crippen molar-refractivity contribution in [3.8, 4) is 0 Å². The van der Waals surface area contributed by atoms with Crippen LogP contribution >= 0.6 is 0 Å². The summed E-state index contributed by atoms with van der Waals surface area (Å²) in [7, 11) is 0. The number of amides is 1. The van der Waals surface area contributed by atoms with Gasteiger partial charge in [0.15, 0.2) is 0 Å². The molecule has 1 aliphatic rings. The maximum atomic E-state index is 12.1. The van der Waals surface area contributed by atoms with Gasteiger partial charge in [0.2, 0.25) is 5.91 Å². The molecule has 1 amide bonds. The molecular formula is C16H18N2O2. The van der Waals surface area contributed by atoms with Gasteiger partial charge in [-0.05, 0) is 23.4 Å². The van der Waals surface area contributed by atoms with Gasteiger partial charge in [-0.2, -0.15) is 0 Å². The Kier molecular flexibility index (Phi) is 3.30. The molecule has 1 aliphatic heterocycles. The molecule has 1 N–H and O–H groups in total. The van der Waals surface area contributed by atoms with E-state index in [0.717, 1.165) is 29.5 Å². The zero-order valence-electron chi connectivity index (χ0n) is 11.6. The molecule has 0 unspecified atom stereocenters. The van der Waals surface area contributed by atoms with E-state index < -0.39 is 0 Å². The van der Waals surface area contributed by atoms with Crippen LogP contribution in [0.3, 0.4) is 0 Å². The summed E-state index contributed by atoms with van der Waals surface area (Å²) in [5, 5.41) is 1.68. The number of nitrogens with one attached hydrogen (secondary N) is 1. The predicted molar refractivity (Wildman–Crippen MR) is 78.6 cm³/mol. The second-order valence-electron chi connectivity index (χ2n) is 5.27. The minimum Gasteiger partial charge on any atom is -0.338 e. The maximum Gasteiger partial charge on any atom is 0.256 e. The summed E-state index contributed by atoms with van der Waals surface area (Å²) < 4.78 is 0. The number of hydrogen-bond donors (Lipinski definition) is 1. The van der Waals surface area contributed by atoms with Gasteiger partial charge in [-0.1, -0.05) is 25.1 Å². The maximum absolute atomic E-state index is 12.1. The van der Waals surface area contributed by atoms with E-state index in [0.29, 0.717) is 24.9 Å². The SMILES string of the molecule is CCCC(=O)N1CCc2[nH]c(=O)c3ccccc3c2C1. The van der Waals surface area contributed by atoms with E-state index >= 15 is 0 Å². The summed E-state index contributed by atoms with van der Waals surface area (Å²) in [5.74, 6) is 0.202. The zero-order valence-corrected chi connectivity index (χ0v) is 11.6. The molecule has 2 heterocycles. The van der Waals surface area contributed by atoms with Gasteiger partial charge in [0.1, 0.15) is 0 Å². The normalized spacial score (nSPS) is 14.3. The minimum absolute atomic E-state index is 0.0346. The second kappa shape index (κ2) is 5.12. The Morgan fingerprint density at radius 1 is 1.30 bits per heavy atom. The van der Waals surface area contributed by atoms with Crippen LogP contribution in [0.5, 0.6) is 0 Å². The van der Waals surface area contributed by atoms with E-state index in [9.17, 15) is 9.59 Å². The topological polar surface area (TPSA) is 53.2 Å². The van der Waals surface area contributed by atoms with Crippen molar-refractivity contribution in [2.45, 2.75) is 32.7 Å². The fraction of sp³-hybridized carbons (Fsp3) is 0.375. The van der Waals surface area contributed by atoms with Crippen molar-refractivity contribution in [2.24, 2.45) is 0 Å². The summed E-state index contributed by atoms with van der Waals surface area (Å²) in [6, 6.07) is 7.61. The molecule has 1 aromatic heterocycles. The quantitative estimate of drug-likeness (QED) is 0.909. The van der Waals surface area contributed by atoms with Crippen molar-refractivity contribution in [1.82, 2.24) is 9.88 Å². The Morgan fingerprint density at radius 2 is 2.05 bits per heavy atom. The molecular weight excluding hydrogens is 252 g/mol. The van der Waals surface area contributed by atoms with E-state index in [-0.39, 0.29) is 11.5 Å². The number of fused-ring (bicyclic) bond motifs is 3. The average molecular weight is 270 g/mol. The van der Waals surface area contributed by atoms with Gasteiger partial charge in [0, 0.05) is 37.0 Å². The van der Waals surface area contributed by atoms with Crippen molar-refractivity contribution >= 4 is 16.7 Å². The standard InChI is InChI=1S/C16H18N2O2/c1-2-5-15(19)18-9-8-14-13(10-18)11-6-3-4-7-12(11)16(20)17-14/h3-4,6-7H,2,5,8-10H2,1H3,(H,17,20). The monoisotopic (exact) mass is 270 g/mol. The lowest BCUT2D eigenvalue weighted by molar-refractivity contribution is -0.132. The third-order valence-electron chi connectivity index (χ3n) is 3.92. The van der Waals surface area contributed by atoms with Gasteiger partial charge in [0.25, 0.3) is 5.56 Å². The first-order chi connectivity index (χ1) is 9.70. The second-order valence-corrected chi connectivity index (χ2v) is 5.27. The van der Waals surface area contributed by atoms with Crippen LogP contribution in [0.2, 0.25) is 0 Å². The molecule has 0 aliphatic carbocycles. The molecule has 0 saturated carbocycles. The number of rotatable bonds is 2. The van der Waals surface area contributed by atoms with Crippen LogP contribution in [0, 0.1) is 0 Å². The van der Waals surface area contributed by atoms with Gasteiger partial charge >= 0.3 is 0 Å². The summed E-state index contributed by atoms with van der Waals surface area (Å²) >= 11 is 0. The minimum atomic E-state index is -0.0346. The van der Waals surface area contributed by atoms with Crippen molar-refractivity contribution in [3.05, 3.63) is 45.9 Å². The summed E-state index contributed by atoms with van der Waals surface area (Å²) in [4.78, 5) is 29.0. The largest absolute Gasteiger partial charge is 0.338 e. The van der Waals surface area contributed by atoms with Gasteiger partial charge in [-0.25, -0.2) is 0 Å². The van der Waals surface area contributed by atoms with Crippen molar-refractivity contribution in [3.63, 3.8) is 0 Å². The van der Waals surface area contributed by atoms with Crippen LogP contribution in [0.4, 0.5) is 0 Å². The lowest BCUT2D eigenvalue weighted by Gasteiger charge is -2.29. The predicted octanol–water partition coefficient (Wildman–Crippen LogP) is 2.21. The Morgan fingerprint density at radius 3 is 2.80 bits per heavy atom. The van der Waals surface area contributed by atoms with Crippen molar-refractivity contribution in [2.75, 3.05) is 6.54 Å². The Bertz CT molecular complexity index is 718. The number of nitrogens with zero attached hydrogens (tertiary/aromatic N) is 1. The van der Waals surface area contributed by atoms with Crippen LogP contribution < -0.4 is 5.56 Å². The first-order valence-corrected chi connectivity index (χ1v) is 7.11. The third-order valence-corrected chi connectivity index (χ3v) is 3.92. The van der Waals surface area contributed by atoms with Gasteiger partial charge in [-0.15, -0.1) is 0 Å². The number of hydrogen-bond acceptors (Lipinski definition) is 2. The molecule has 0 atom stereocenters. The third kappa shape index (κ3) is 2.11. The van der Waals surface area contributed by atoms with Gasteiger partial charge in [0.05, 0.1) is 0 Å². The van der Waals surface area contributed by atoms with Crippen molar-refractivity contribution < 1.29 is 4.79 Å². The lowest BCUT2D eigenvalue weighted by atomic mass is 9.98. The fourth-order valence-corrected chi connectivity index (χ4v) is 2.88. The highest BCUT2D eigenvalue weighted by Crippen LogP contribution is 2.24. The molecule has 0 radical (unpaired) electrons. The summed E-state index contributed by atoms with van der Waals surface area (Å²) in [5.41, 5.74) is 2.04. The van der Waals surface area contributed by atoms with E-state index in [2.05, 4.69) is 4.98 Å². The van der Waals surface area contributed by atoms with Gasteiger partial charge in [-0.3, -0.25) is 9.59 Å². The number of carbonyl (C=O) groups excluding carboxylic acids is 1. The molecule has 2 aromatic rings. The Balaban J connectivity index is 2.06. The molecule has 1 aromatic carbocycles. The average Bonchev–Trinajstić information content (AvgIpc) is 2.47. The molecule has 20 heavy (non-hydrogen) atoms. The number of H-pyrrole nitrogens is 1. The van der Waals surface area contributed by atoms with Gasteiger partial charge < -0.3 is 9.88 Å². The number of aromatic amines is 1. The number of pyridine rings is 1. The van der Waals surface area contributed by atoms with Crippen LogP contribution in [-0.2, 0) is 17.8 Å². The number of carbonyl (C=O) groups is 1. The number of aromatic nitrogens is 1. The summed E-state index contributed by atoms with van der Waals surface area (Å²) in [6.07, 6.45) is 2.19. The van der Waals surface area contributed by atoms with Crippen LogP contribution in [0.1, 0.15) is 31.0 Å². The smallest absolute Gasteiger partial charge is 0.256 e. The van der Waals surface area contributed by atoms with Crippen LogP contribution in [-0.4, -0.2) is 22.3 Å². The highest BCUT2D eigenvalue weighted by atomic mass is 16.2. The molecule has 0 bridgehead atoms. The Labute approximate surface area is 117 Å². The molecule has 0 fully saturated rings. The highest BCUT2D eigenvalue weighted by molar-refractivity contribution is 5.86. The van der Waals surface area contributed by atoms with E-state index in [1.807, 2.05) is 36.1 Å². The van der Waals surface area contributed by atoms with Crippen molar-refractivity contribution in [1.29, 1.82) is 0 Å². The summed E-state index contributed by atoms with van der Waals surface area (Å²) in [6.45, 7) is 3.31. The molecule has 0 saturated heterocycles. The Hall–Kier alpha value is -2.10.